The van der Waals surface area contributed by atoms with Gasteiger partial charge < -0.3 is 19.7 Å². The zero-order valence-corrected chi connectivity index (χ0v) is 19.6. The van der Waals surface area contributed by atoms with E-state index in [0.29, 0.717) is 12.4 Å². The number of hydrogen-bond donors (Lipinski definition) is 2. The maximum atomic E-state index is 10.1. The van der Waals surface area contributed by atoms with Crippen LogP contribution in [-0.4, -0.2) is 41.4 Å². The maximum absolute atomic E-state index is 10.1. The van der Waals surface area contributed by atoms with Gasteiger partial charge in [-0.2, -0.15) is 0 Å². The Hall–Kier alpha value is -3.70. The van der Waals surface area contributed by atoms with E-state index in [1.54, 1.807) is 24.3 Å². The third-order valence-corrected chi connectivity index (χ3v) is 7.12. The van der Waals surface area contributed by atoms with Crippen LogP contribution in [0.3, 0.4) is 0 Å². The van der Waals surface area contributed by atoms with E-state index < -0.39 is 0 Å². The number of phenolic OH excluding ortho intramolecular Hbond substituents is 2. The minimum Gasteiger partial charge on any atom is -0.508 e. The molecule has 2 aliphatic heterocycles. The van der Waals surface area contributed by atoms with Crippen molar-refractivity contribution in [3.8, 4) is 34.1 Å². The summed E-state index contributed by atoms with van der Waals surface area (Å²) in [5.41, 5.74) is 4.07. The fourth-order valence-corrected chi connectivity index (χ4v) is 5.32. The summed E-state index contributed by atoms with van der Waals surface area (Å²) < 4.78 is 12.5. The normalized spacial score (nSPS) is 17.4. The van der Waals surface area contributed by atoms with Crippen molar-refractivity contribution in [2.45, 2.75) is 25.4 Å². The number of hydrogen-bond acceptors (Lipinski definition) is 5. The quantitative estimate of drug-likeness (QED) is 0.363. The average Bonchev–Trinajstić information content (AvgIpc) is 2.88. The van der Waals surface area contributed by atoms with Gasteiger partial charge >= 0.3 is 0 Å². The lowest BCUT2D eigenvalue weighted by atomic mass is 9.86. The van der Waals surface area contributed by atoms with Gasteiger partial charge in [0.1, 0.15) is 29.6 Å². The van der Waals surface area contributed by atoms with Crippen molar-refractivity contribution >= 4 is 10.8 Å². The molecule has 1 atom stereocenters. The average molecular weight is 468 g/mol. The molecule has 1 saturated heterocycles. The third kappa shape index (κ3) is 4.28. The first-order valence-corrected chi connectivity index (χ1v) is 12.4. The van der Waals surface area contributed by atoms with E-state index in [9.17, 15) is 10.2 Å². The van der Waals surface area contributed by atoms with E-state index in [0.717, 1.165) is 45.3 Å². The molecule has 0 spiro atoms. The summed E-state index contributed by atoms with van der Waals surface area (Å²) in [5, 5.41) is 22.1. The lowest BCUT2D eigenvalue weighted by Crippen LogP contribution is -2.33. The summed E-state index contributed by atoms with van der Waals surface area (Å²) in [6.07, 6.45) is 3.56. The molecule has 1 fully saturated rings. The van der Waals surface area contributed by atoms with Gasteiger partial charge in [0.2, 0.25) is 0 Å². The lowest BCUT2D eigenvalue weighted by molar-refractivity contribution is 0.183. The molecule has 0 bridgehead atoms. The molecule has 5 nitrogen and oxygen atoms in total. The van der Waals surface area contributed by atoms with Crippen molar-refractivity contribution < 1.29 is 19.7 Å². The van der Waals surface area contributed by atoms with Crippen LogP contribution in [0.25, 0.3) is 21.9 Å². The molecule has 5 heteroatoms. The summed E-state index contributed by atoms with van der Waals surface area (Å²) in [6, 6.07) is 22.9. The zero-order chi connectivity index (χ0) is 23.8. The topological polar surface area (TPSA) is 62.2 Å². The highest BCUT2D eigenvalue weighted by atomic mass is 16.5. The molecular formula is C30H29NO4. The molecule has 0 unspecified atom stereocenters. The summed E-state index contributed by atoms with van der Waals surface area (Å²) in [7, 11) is 0. The van der Waals surface area contributed by atoms with Crippen molar-refractivity contribution in [2.75, 3.05) is 26.2 Å². The second kappa shape index (κ2) is 9.16. The molecule has 4 aromatic rings. The monoisotopic (exact) mass is 467 g/mol. The first-order valence-electron chi connectivity index (χ1n) is 12.4. The van der Waals surface area contributed by atoms with E-state index in [4.69, 9.17) is 9.47 Å². The first-order chi connectivity index (χ1) is 17.2. The summed E-state index contributed by atoms with van der Waals surface area (Å²) >= 11 is 0. The number of ether oxygens (including phenoxy) is 2. The van der Waals surface area contributed by atoms with E-state index >= 15 is 0 Å². The van der Waals surface area contributed by atoms with Gasteiger partial charge in [0.15, 0.2) is 6.10 Å². The Morgan fingerprint density at radius 2 is 1.54 bits per heavy atom. The van der Waals surface area contributed by atoms with Crippen molar-refractivity contribution in [1.29, 1.82) is 0 Å². The van der Waals surface area contributed by atoms with Crippen molar-refractivity contribution in [1.82, 2.24) is 4.90 Å². The standard InChI is InChI=1S/C30H29NO4/c32-22-7-12-25-21(18-22)6-11-27-26-13-8-23(33)19-28(26)35-30(29(25)27)20-4-9-24(10-5-20)34-17-16-31-14-2-1-3-15-31/h4-13,18-19,30,32-33H,1-3,14-17H2/t30-/m0/s1. The molecule has 0 aliphatic carbocycles. The van der Waals surface area contributed by atoms with Gasteiger partial charge in [-0.05, 0) is 84.2 Å². The number of piperidine rings is 1. The van der Waals surface area contributed by atoms with Crippen LogP contribution in [-0.2, 0) is 0 Å². The summed E-state index contributed by atoms with van der Waals surface area (Å²) in [6.45, 7) is 3.98. The highest BCUT2D eigenvalue weighted by Gasteiger charge is 2.29. The Bertz CT molecular complexity index is 1360. The fourth-order valence-electron chi connectivity index (χ4n) is 5.32. The van der Waals surface area contributed by atoms with Gasteiger partial charge in [-0.1, -0.05) is 36.8 Å². The van der Waals surface area contributed by atoms with E-state index in [-0.39, 0.29) is 17.6 Å². The molecule has 35 heavy (non-hydrogen) atoms. The van der Waals surface area contributed by atoms with Gasteiger partial charge in [-0.15, -0.1) is 0 Å². The van der Waals surface area contributed by atoms with Crippen molar-refractivity contribution in [3.63, 3.8) is 0 Å². The number of benzene rings is 4. The number of nitrogens with zero attached hydrogens (tertiary/aromatic N) is 1. The van der Waals surface area contributed by atoms with Crippen molar-refractivity contribution in [3.05, 3.63) is 83.9 Å². The Kier molecular flexibility index (Phi) is 5.71. The number of fused-ring (bicyclic) bond motifs is 5. The van der Waals surface area contributed by atoms with Crippen LogP contribution >= 0.6 is 0 Å². The highest BCUT2D eigenvalue weighted by Crippen LogP contribution is 2.48. The molecule has 2 heterocycles. The van der Waals surface area contributed by atoms with E-state index in [2.05, 4.69) is 23.1 Å². The molecule has 0 saturated carbocycles. The number of phenols is 2. The van der Waals surface area contributed by atoms with Crippen LogP contribution in [0.15, 0.2) is 72.8 Å². The second-order valence-electron chi connectivity index (χ2n) is 9.43. The summed E-state index contributed by atoms with van der Waals surface area (Å²) in [4.78, 5) is 2.47. The predicted molar refractivity (Wildman–Crippen MR) is 137 cm³/mol. The van der Waals surface area contributed by atoms with Crippen LogP contribution < -0.4 is 9.47 Å². The number of likely N-dealkylation sites (tertiary alicyclic amines) is 1. The van der Waals surface area contributed by atoms with Gasteiger partial charge in [0.05, 0.1) is 0 Å². The first kappa shape index (κ1) is 21.8. The third-order valence-electron chi connectivity index (χ3n) is 7.12. The SMILES string of the molecule is Oc1ccc2c(c1)O[C@@H](c1ccc(OCCN3CCCCC3)cc1)c1c-2ccc2cc(O)ccc12. The Morgan fingerprint density at radius 1 is 0.800 bits per heavy atom. The van der Waals surface area contributed by atoms with Crippen LogP contribution in [0.1, 0.15) is 36.5 Å². The molecule has 2 N–H and O–H groups in total. The molecule has 0 amide bonds. The van der Waals surface area contributed by atoms with Crippen LogP contribution in [0.2, 0.25) is 0 Å². The van der Waals surface area contributed by atoms with Gasteiger partial charge in [-0.3, -0.25) is 4.90 Å². The van der Waals surface area contributed by atoms with Gasteiger partial charge in [0.25, 0.3) is 0 Å². The molecule has 4 aromatic carbocycles. The Balaban J connectivity index is 1.31. The second-order valence-corrected chi connectivity index (χ2v) is 9.43. The smallest absolute Gasteiger partial charge is 0.150 e. The largest absolute Gasteiger partial charge is 0.508 e. The summed E-state index contributed by atoms with van der Waals surface area (Å²) in [5.74, 6) is 1.92. The van der Waals surface area contributed by atoms with E-state index in [1.807, 2.05) is 30.3 Å². The molecule has 0 radical (unpaired) electrons. The van der Waals surface area contributed by atoms with Gasteiger partial charge in [-0.25, -0.2) is 0 Å². The minimum absolute atomic E-state index is 0.175. The predicted octanol–water partition coefficient (Wildman–Crippen LogP) is 6.26. The fraction of sp³-hybridized carbons (Fsp3) is 0.267. The number of aromatic hydroxyl groups is 2. The van der Waals surface area contributed by atoms with Crippen molar-refractivity contribution in [2.24, 2.45) is 0 Å². The molecule has 2 aliphatic rings. The molecule has 178 valence electrons. The lowest BCUT2D eigenvalue weighted by Gasteiger charge is -2.30. The highest BCUT2D eigenvalue weighted by molar-refractivity contribution is 5.95. The van der Waals surface area contributed by atoms with E-state index in [1.165, 1.54) is 32.4 Å². The Labute approximate surface area is 205 Å². The molecular weight excluding hydrogens is 438 g/mol. The van der Waals surface area contributed by atoms with Gasteiger partial charge in [0, 0.05) is 23.7 Å². The minimum atomic E-state index is -0.352. The Morgan fingerprint density at radius 3 is 2.37 bits per heavy atom. The van der Waals surface area contributed by atoms with Crippen LogP contribution in [0.5, 0.6) is 23.0 Å². The molecule has 0 aromatic heterocycles. The van der Waals surface area contributed by atoms with Crippen LogP contribution in [0.4, 0.5) is 0 Å². The molecule has 6 rings (SSSR count). The maximum Gasteiger partial charge on any atom is 0.150 e. The number of rotatable bonds is 5. The zero-order valence-electron chi connectivity index (χ0n) is 19.6. The van der Waals surface area contributed by atoms with Crippen LogP contribution in [0, 0.1) is 0 Å².